The molecule has 23 heavy (non-hydrogen) atoms. The van der Waals surface area contributed by atoms with E-state index in [2.05, 4.69) is 26.2 Å². The fraction of sp³-hybridized carbons (Fsp3) is 0.312. The Kier molecular flexibility index (Phi) is 4.77. The summed E-state index contributed by atoms with van der Waals surface area (Å²) >= 11 is 4.95. The molecule has 1 N–H and O–H groups in total. The predicted octanol–water partition coefficient (Wildman–Crippen LogP) is 2.88. The summed E-state index contributed by atoms with van der Waals surface area (Å²) in [5, 5.41) is 3.81. The summed E-state index contributed by atoms with van der Waals surface area (Å²) in [6, 6.07) is 7.55. The molecule has 1 atom stereocenters. The monoisotopic (exact) mass is 393 g/mol. The minimum Gasteiger partial charge on any atom is -0.350 e. The fourth-order valence-corrected chi connectivity index (χ4v) is 3.73. The number of nitrogens with zero attached hydrogens (tertiary/aromatic N) is 2. The quantitative estimate of drug-likeness (QED) is 0.812. The molecule has 7 heteroatoms. The van der Waals surface area contributed by atoms with Crippen LogP contribution in [0, 0.1) is 12.8 Å². The number of benzene rings is 1. The van der Waals surface area contributed by atoms with Gasteiger partial charge in [-0.15, -0.1) is 11.3 Å². The molecule has 1 aromatic heterocycles. The molecule has 0 aliphatic carbocycles. The molecule has 1 saturated heterocycles. The van der Waals surface area contributed by atoms with E-state index in [4.69, 9.17) is 0 Å². The van der Waals surface area contributed by atoms with Crippen molar-refractivity contribution in [3.05, 3.63) is 44.8 Å². The molecular weight excluding hydrogens is 378 g/mol. The van der Waals surface area contributed by atoms with E-state index in [-0.39, 0.29) is 11.8 Å². The van der Waals surface area contributed by atoms with E-state index in [0.29, 0.717) is 19.5 Å². The van der Waals surface area contributed by atoms with Crippen molar-refractivity contribution < 1.29 is 9.59 Å². The van der Waals surface area contributed by atoms with Crippen LogP contribution in [0.3, 0.4) is 0 Å². The highest BCUT2D eigenvalue weighted by molar-refractivity contribution is 9.10. The average molecular weight is 394 g/mol. The van der Waals surface area contributed by atoms with Crippen molar-refractivity contribution in [2.24, 2.45) is 5.92 Å². The third-order valence-corrected chi connectivity index (χ3v) is 5.15. The fourth-order valence-electron chi connectivity index (χ4n) is 2.61. The highest BCUT2D eigenvalue weighted by Crippen LogP contribution is 2.27. The summed E-state index contributed by atoms with van der Waals surface area (Å²) in [5.74, 6) is -0.956. The maximum atomic E-state index is 12.5. The number of thiazole rings is 1. The van der Waals surface area contributed by atoms with Gasteiger partial charge in [0.25, 0.3) is 0 Å². The lowest BCUT2D eigenvalue weighted by atomic mass is 10.1. The maximum Gasteiger partial charge on any atom is 0.239 e. The molecule has 2 amide bonds. The summed E-state index contributed by atoms with van der Waals surface area (Å²) in [4.78, 5) is 31.6. The minimum atomic E-state index is -0.608. The van der Waals surface area contributed by atoms with Gasteiger partial charge < -0.3 is 10.2 Å². The van der Waals surface area contributed by atoms with Crippen LogP contribution in [0.1, 0.15) is 16.3 Å². The maximum absolute atomic E-state index is 12.5. The first kappa shape index (κ1) is 16.1. The van der Waals surface area contributed by atoms with Gasteiger partial charge in [-0.3, -0.25) is 9.59 Å². The lowest BCUT2D eigenvalue weighted by Crippen LogP contribution is -2.36. The third-order valence-electron chi connectivity index (χ3n) is 3.75. The summed E-state index contributed by atoms with van der Waals surface area (Å²) in [6.45, 7) is 2.91. The molecule has 2 aromatic rings. The predicted molar refractivity (Wildman–Crippen MR) is 93.3 cm³/mol. The molecule has 1 unspecified atom stereocenters. The Morgan fingerprint density at radius 2 is 2.35 bits per heavy atom. The standard InChI is InChI=1S/C16H16BrN3O2S/c1-10-18-8-13(23-10)9-19-15(21)14-5-6-20(16(14)22)12-4-2-3-11(17)7-12/h2-4,7-8,14H,5-6,9H2,1H3,(H,19,21). The van der Waals surface area contributed by atoms with Crippen LogP contribution in [-0.4, -0.2) is 23.3 Å². The van der Waals surface area contributed by atoms with E-state index >= 15 is 0 Å². The van der Waals surface area contributed by atoms with Crippen molar-refractivity contribution in [3.8, 4) is 0 Å². The number of aryl methyl sites for hydroxylation is 1. The molecule has 3 rings (SSSR count). The second kappa shape index (κ2) is 6.80. The Balaban J connectivity index is 1.63. The van der Waals surface area contributed by atoms with Crippen LogP contribution < -0.4 is 10.2 Å². The van der Waals surface area contributed by atoms with E-state index < -0.39 is 5.92 Å². The number of aromatic nitrogens is 1. The SMILES string of the molecule is Cc1ncc(CNC(=O)C2CCN(c3cccc(Br)c3)C2=O)s1. The summed E-state index contributed by atoms with van der Waals surface area (Å²) in [6.07, 6.45) is 2.30. The van der Waals surface area contributed by atoms with Crippen molar-refractivity contribution in [2.75, 3.05) is 11.4 Å². The van der Waals surface area contributed by atoms with E-state index in [1.54, 1.807) is 22.4 Å². The number of anilines is 1. The largest absolute Gasteiger partial charge is 0.350 e. The highest BCUT2D eigenvalue weighted by Gasteiger charge is 2.37. The highest BCUT2D eigenvalue weighted by atomic mass is 79.9. The van der Waals surface area contributed by atoms with Crippen molar-refractivity contribution in [1.82, 2.24) is 10.3 Å². The van der Waals surface area contributed by atoms with Crippen LogP contribution in [0.15, 0.2) is 34.9 Å². The van der Waals surface area contributed by atoms with E-state index in [1.165, 1.54) is 0 Å². The third kappa shape index (κ3) is 3.61. The Bertz CT molecular complexity index is 746. The normalized spacial score (nSPS) is 17.6. The topological polar surface area (TPSA) is 62.3 Å². The van der Waals surface area contributed by atoms with Gasteiger partial charge in [-0.2, -0.15) is 0 Å². The molecule has 1 aliphatic rings. The summed E-state index contributed by atoms with van der Waals surface area (Å²) < 4.78 is 0.913. The van der Waals surface area contributed by atoms with Gasteiger partial charge in [-0.1, -0.05) is 22.0 Å². The number of hydrogen-bond donors (Lipinski definition) is 1. The molecule has 120 valence electrons. The number of carbonyl (C=O) groups excluding carboxylic acids is 2. The van der Waals surface area contributed by atoms with E-state index in [9.17, 15) is 9.59 Å². The van der Waals surface area contributed by atoms with Crippen molar-refractivity contribution >= 4 is 44.8 Å². The molecule has 5 nitrogen and oxygen atoms in total. The first-order chi connectivity index (χ1) is 11.0. The van der Waals surface area contributed by atoms with Crippen LogP contribution >= 0.6 is 27.3 Å². The first-order valence-corrected chi connectivity index (χ1v) is 8.91. The zero-order chi connectivity index (χ0) is 16.4. The van der Waals surface area contributed by atoms with E-state index in [0.717, 1.165) is 20.0 Å². The Morgan fingerprint density at radius 1 is 1.52 bits per heavy atom. The van der Waals surface area contributed by atoms with Gasteiger partial charge in [-0.25, -0.2) is 4.98 Å². The molecule has 0 saturated carbocycles. The number of rotatable bonds is 4. The zero-order valence-electron chi connectivity index (χ0n) is 12.6. The van der Waals surface area contributed by atoms with Crippen LogP contribution in [0.5, 0.6) is 0 Å². The van der Waals surface area contributed by atoms with Gasteiger partial charge in [0.2, 0.25) is 11.8 Å². The lowest BCUT2D eigenvalue weighted by Gasteiger charge is -2.17. The molecular formula is C16H16BrN3O2S. The molecule has 0 radical (unpaired) electrons. The second-order valence-corrected chi connectivity index (χ2v) is 7.61. The van der Waals surface area contributed by atoms with Crippen LogP contribution in [-0.2, 0) is 16.1 Å². The number of halogens is 1. The van der Waals surface area contributed by atoms with Gasteiger partial charge in [0.15, 0.2) is 0 Å². The van der Waals surface area contributed by atoms with Gasteiger partial charge >= 0.3 is 0 Å². The number of nitrogens with one attached hydrogen (secondary N) is 1. The Hall–Kier alpha value is -1.73. The molecule has 0 spiro atoms. The molecule has 1 aromatic carbocycles. The van der Waals surface area contributed by atoms with Gasteiger partial charge in [0, 0.05) is 27.8 Å². The molecule has 2 heterocycles. The Labute approximate surface area is 146 Å². The molecule has 1 aliphatic heterocycles. The number of amides is 2. The number of hydrogen-bond acceptors (Lipinski definition) is 4. The van der Waals surface area contributed by atoms with Gasteiger partial charge in [-0.05, 0) is 31.5 Å². The van der Waals surface area contributed by atoms with Gasteiger partial charge in [0.05, 0.1) is 11.6 Å². The van der Waals surface area contributed by atoms with Crippen LogP contribution in [0.2, 0.25) is 0 Å². The van der Waals surface area contributed by atoms with Crippen LogP contribution in [0.4, 0.5) is 5.69 Å². The lowest BCUT2D eigenvalue weighted by molar-refractivity contribution is -0.132. The Morgan fingerprint density at radius 3 is 3.04 bits per heavy atom. The smallest absolute Gasteiger partial charge is 0.239 e. The average Bonchev–Trinajstić information content (AvgIpc) is 3.11. The summed E-state index contributed by atoms with van der Waals surface area (Å²) in [7, 11) is 0. The van der Waals surface area contributed by atoms with Crippen molar-refractivity contribution in [2.45, 2.75) is 19.9 Å². The second-order valence-electron chi connectivity index (χ2n) is 5.37. The van der Waals surface area contributed by atoms with E-state index in [1.807, 2.05) is 31.2 Å². The van der Waals surface area contributed by atoms with Crippen LogP contribution in [0.25, 0.3) is 0 Å². The first-order valence-electron chi connectivity index (χ1n) is 7.30. The molecule has 1 fully saturated rings. The summed E-state index contributed by atoms with van der Waals surface area (Å²) in [5.41, 5.74) is 0.817. The van der Waals surface area contributed by atoms with Crippen molar-refractivity contribution in [3.63, 3.8) is 0 Å². The number of carbonyl (C=O) groups is 2. The minimum absolute atomic E-state index is 0.138. The van der Waals surface area contributed by atoms with Crippen molar-refractivity contribution in [1.29, 1.82) is 0 Å². The van der Waals surface area contributed by atoms with Gasteiger partial charge in [0.1, 0.15) is 5.92 Å². The zero-order valence-corrected chi connectivity index (χ0v) is 15.0. The molecule has 0 bridgehead atoms.